The average molecular weight is 280 g/mol. The monoisotopic (exact) mass is 280 g/mol. The van der Waals surface area contributed by atoms with E-state index in [1.165, 1.54) is 0 Å². The highest BCUT2D eigenvalue weighted by atomic mass is 16.4. The molecule has 110 valence electrons. The molecule has 0 atom stereocenters. The van der Waals surface area contributed by atoms with Crippen molar-refractivity contribution in [2.45, 2.75) is 38.3 Å². The Morgan fingerprint density at radius 1 is 1.30 bits per heavy atom. The van der Waals surface area contributed by atoms with Crippen LogP contribution in [0.4, 0.5) is 4.79 Å². The molecule has 1 saturated carbocycles. The van der Waals surface area contributed by atoms with Crippen molar-refractivity contribution in [3.63, 3.8) is 0 Å². The predicted octanol–water partition coefficient (Wildman–Crippen LogP) is 0.826. The Bertz CT molecular complexity index is 438. The van der Waals surface area contributed by atoms with Crippen LogP contribution >= 0.6 is 0 Å². The first-order valence-electron chi connectivity index (χ1n) is 6.90. The summed E-state index contributed by atoms with van der Waals surface area (Å²) in [6, 6.07) is 1.72. The molecule has 1 aromatic heterocycles. The lowest BCUT2D eigenvalue weighted by atomic mass is 9.86. The van der Waals surface area contributed by atoms with Gasteiger partial charge in [0.1, 0.15) is 0 Å². The summed E-state index contributed by atoms with van der Waals surface area (Å²) in [6.07, 6.45) is 6.25. The number of carboxylic acids is 1. The number of aromatic nitrogens is 2. The van der Waals surface area contributed by atoms with E-state index in [1.807, 2.05) is 12.3 Å². The topological polar surface area (TPSA) is 96.3 Å². The van der Waals surface area contributed by atoms with Gasteiger partial charge < -0.3 is 15.7 Å². The molecule has 0 radical (unpaired) electrons. The Morgan fingerprint density at radius 3 is 2.65 bits per heavy atom. The zero-order chi connectivity index (χ0) is 14.4. The fraction of sp³-hybridized carbons (Fsp3) is 0.615. The van der Waals surface area contributed by atoms with Crippen LogP contribution in [0, 0.1) is 5.92 Å². The van der Waals surface area contributed by atoms with Crippen LogP contribution in [0.2, 0.25) is 0 Å². The van der Waals surface area contributed by atoms with E-state index in [-0.39, 0.29) is 18.0 Å². The van der Waals surface area contributed by atoms with Gasteiger partial charge in [-0.3, -0.25) is 9.48 Å². The van der Waals surface area contributed by atoms with Gasteiger partial charge in [0.2, 0.25) is 0 Å². The molecule has 0 spiro atoms. The van der Waals surface area contributed by atoms with Gasteiger partial charge in [0, 0.05) is 25.0 Å². The van der Waals surface area contributed by atoms with Gasteiger partial charge in [-0.15, -0.1) is 0 Å². The van der Waals surface area contributed by atoms with Crippen molar-refractivity contribution in [3.05, 3.63) is 18.5 Å². The van der Waals surface area contributed by atoms with Crippen LogP contribution in [0.5, 0.6) is 0 Å². The Hall–Kier alpha value is -2.05. The molecule has 0 aromatic carbocycles. The maximum Gasteiger partial charge on any atom is 0.315 e. The van der Waals surface area contributed by atoms with Gasteiger partial charge >= 0.3 is 12.0 Å². The second kappa shape index (κ2) is 6.93. The van der Waals surface area contributed by atoms with E-state index in [9.17, 15) is 9.59 Å². The van der Waals surface area contributed by atoms with Crippen molar-refractivity contribution < 1.29 is 14.7 Å². The number of hydrogen-bond acceptors (Lipinski definition) is 3. The summed E-state index contributed by atoms with van der Waals surface area (Å²) in [4.78, 5) is 22.5. The van der Waals surface area contributed by atoms with Gasteiger partial charge in [-0.25, -0.2) is 4.79 Å². The van der Waals surface area contributed by atoms with Gasteiger partial charge in [-0.2, -0.15) is 5.10 Å². The summed E-state index contributed by atoms with van der Waals surface area (Å²) in [7, 11) is 0. The van der Waals surface area contributed by atoms with Crippen LogP contribution in [0.15, 0.2) is 18.5 Å². The molecule has 3 N–H and O–H groups in total. The SMILES string of the molecule is O=C(NCCn1cccn1)NC1CCC(C(=O)O)CC1. The van der Waals surface area contributed by atoms with Gasteiger partial charge in [-0.05, 0) is 31.7 Å². The van der Waals surface area contributed by atoms with Gasteiger partial charge in [0.25, 0.3) is 0 Å². The molecular formula is C13H20N4O3. The molecule has 1 fully saturated rings. The smallest absolute Gasteiger partial charge is 0.315 e. The van der Waals surface area contributed by atoms with E-state index in [0.29, 0.717) is 25.9 Å². The van der Waals surface area contributed by atoms with Gasteiger partial charge in [0.15, 0.2) is 0 Å². The number of urea groups is 1. The number of nitrogens with zero attached hydrogens (tertiary/aromatic N) is 2. The minimum atomic E-state index is -0.730. The molecule has 7 nitrogen and oxygen atoms in total. The lowest BCUT2D eigenvalue weighted by molar-refractivity contribution is -0.142. The van der Waals surface area contributed by atoms with Crippen molar-refractivity contribution >= 4 is 12.0 Å². The van der Waals surface area contributed by atoms with Crippen LogP contribution in [0.3, 0.4) is 0 Å². The van der Waals surface area contributed by atoms with Crippen LogP contribution in [-0.4, -0.2) is 39.5 Å². The molecular weight excluding hydrogens is 260 g/mol. The van der Waals surface area contributed by atoms with Gasteiger partial charge in [-0.1, -0.05) is 0 Å². The number of carboxylic acid groups (broad SMARTS) is 1. The summed E-state index contributed by atoms with van der Waals surface area (Å²) in [5.74, 6) is -0.983. The normalized spacial score (nSPS) is 22.2. The highest BCUT2D eigenvalue weighted by Crippen LogP contribution is 2.24. The molecule has 2 amide bonds. The number of aliphatic carboxylic acids is 1. The second-order valence-electron chi connectivity index (χ2n) is 5.06. The van der Waals surface area contributed by atoms with E-state index in [4.69, 9.17) is 5.11 Å². The quantitative estimate of drug-likeness (QED) is 0.744. The first-order valence-corrected chi connectivity index (χ1v) is 6.90. The molecule has 1 heterocycles. The summed E-state index contributed by atoms with van der Waals surface area (Å²) in [6.45, 7) is 1.14. The molecule has 20 heavy (non-hydrogen) atoms. The van der Waals surface area contributed by atoms with Crippen molar-refractivity contribution in [3.8, 4) is 0 Å². The van der Waals surface area contributed by atoms with Gasteiger partial charge in [0.05, 0.1) is 12.5 Å². The molecule has 1 aliphatic rings. The number of hydrogen-bond donors (Lipinski definition) is 3. The van der Waals surface area contributed by atoms with Crippen molar-refractivity contribution in [2.75, 3.05) is 6.54 Å². The molecule has 0 unspecified atom stereocenters. The third-order valence-electron chi connectivity index (χ3n) is 3.60. The van der Waals surface area contributed by atoms with Crippen LogP contribution < -0.4 is 10.6 Å². The fourth-order valence-corrected chi connectivity index (χ4v) is 2.44. The Balaban J connectivity index is 1.61. The highest BCUT2D eigenvalue weighted by molar-refractivity contribution is 5.74. The highest BCUT2D eigenvalue weighted by Gasteiger charge is 2.26. The molecule has 0 aliphatic heterocycles. The molecule has 2 rings (SSSR count). The van der Waals surface area contributed by atoms with Crippen LogP contribution in [0.25, 0.3) is 0 Å². The number of nitrogens with one attached hydrogen (secondary N) is 2. The Labute approximate surface area is 117 Å². The minimum absolute atomic E-state index is 0.0790. The standard InChI is InChI=1S/C13H20N4O3/c18-12(19)10-2-4-11(5-3-10)16-13(20)14-7-9-17-8-1-6-15-17/h1,6,8,10-11H,2-5,7,9H2,(H,18,19)(H2,14,16,20). The second-order valence-corrected chi connectivity index (χ2v) is 5.06. The van der Waals surface area contributed by atoms with E-state index in [0.717, 1.165) is 12.8 Å². The number of carbonyl (C=O) groups excluding carboxylic acids is 1. The fourth-order valence-electron chi connectivity index (χ4n) is 2.44. The number of carbonyl (C=O) groups is 2. The molecule has 0 saturated heterocycles. The summed E-state index contributed by atoms with van der Waals surface area (Å²) in [5, 5.41) is 18.6. The lowest BCUT2D eigenvalue weighted by Crippen LogP contribution is -2.44. The third-order valence-corrected chi connectivity index (χ3v) is 3.60. The van der Waals surface area contributed by atoms with Crippen molar-refractivity contribution in [1.82, 2.24) is 20.4 Å². The van der Waals surface area contributed by atoms with Crippen molar-refractivity contribution in [2.24, 2.45) is 5.92 Å². The van der Waals surface area contributed by atoms with E-state index < -0.39 is 5.97 Å². The maximum atomic E-state index is 11.7. The number of rotatable bonds is 5. The summed E-state index contributed by atoms with van der Waals surface area (Å²) < 4.78 is 1.75. The van der Waals surface area contributed by atoms with Crippen molar-refractivity contribution in [1.29, 1.82) is 0 Å². The molecule has 1 aliphatic carbocycles. The first kappa shape index (κ1) is 14.4. The molecule has 0 bridgehead atoms. The van der Waals surface area contributed by atoms with E-state index in [1.54, 1.807) is 10.9 Å². The molecule has 7 heteroatoms. The minimum Gasteiger partial charge on any atom is -0.481 e. The largest absolute Gasteiger partial charge is 0.481 e. The predicted molar refractivity (Wildman–Crippen MR) is 72.1 cm³/mol. The van der Waals surface area contributed by atoms with Crippen LogP contribution in [-0.2, 0) is 11.3 Å². The average Bonchev–Trinajstić information content (AvgIpc) is 2.92. The third kappa shape index (κ3) is 4.25. The van der Waals surface area contributed by atoms with E-state index in [2.05, 4.69) is 15.7 Å². The Kier molecular flexibility index (Phi) is 4.97. The maximum absolute atomic E-state index is 11.7. The summed E-state index contributed by atoms with van der Waals surface area (Å²) >= 11 is 0. The molecule has 1 aromatic rings. The lowest BCUT2D eigenvalue weighted by Gasteiger charge is -2.26. The Morgan fingerprint density at radius 2 is 2.05 bits per heavy atom. The van der Waals surface area contributed by atoms with E-state index >= 15 is 0 Å². The van der Waals surface area contributed by atoms with Crippen LogP contribution in [0.1, 0.15) is 25.7 Å². The summed E-state index contributed by atoms with van der Waals surface area (Å²) in [5.41, 5.74) is 0. The zero-order valence-electron chi connectivity index (χ0n) is 11.3. The number of amides is 2. The first-order chi connectivity index (χ1) is 9.65. The zero-order valence-corrected chi connectivity index (χ0v) is 11.3.